The Kier molecular flexibility index (Phi) is 7.35. The Morgan fingerprint density at radius 2 is 1.61 bits per heavy atom. The summed E-state index contributed by atoms with van der Waals surface area (Å²) < 4.78 is 102. The van der Waals surface area contributed by atoms with E-state index in [1.807, 2.05) is 0 Å². The summed E-state index contributed by atoms with van der Waals surface area (Å²) in [6.07, 6.45) is -4.91. The third-order valence-electron chi connectivity index (χ3n) is 5.93. The van der Waals surface area contributed by atoms with Crippen molar-refractivity contribution in [2.45, 2.75) is 36.2 Å². The van der Waals surface area contributed by atoms with Crippen LogP contribution in [0, 0.1) is 0 Å². The first-order valence-electron chi connectivity index (χ1n) is 11.1. The second-order valence-corrected chi connectivity index (χ2v) is 10.2. The normalized spacial score (nSPS) is 14.9. The molecule has 0 amide bonds. The first-order chi connectivity index (χ1) is 17.8. The van der Waals surface area contributed by atoms with Crippen molar-refractivity contribution in [2.75, 3.05) is 6.54 Å². The van der Waals surface area contributed by atoms with Crippen molar-refractivity contribution in [3.8, 4) is 22.6 Å². The van der Waals surface area contributed by atoms with E-state index in [0.29, 0.717) is 4.31 Å². The van der Waals surface area contributed by atoms with Crippen LogP contribution in [0.25, 0.3) is 11.1 Å². The number of hydrogen-bond acceptors (Lipinski definition) is 5. The Hall–Kier alpha value is -3.71. The summed E-state index contributed by atoms with van der Waals surface area (Å²) in [6.45, 7) is -4.31. The van der Waals surface area contributed by atoms with Gasteiger partial charge in [-0.15, -0.1) is 13.2 Å². The number of carboxylic acid groups (broad SMARTS) is 1. The van der Waals surface area contributed by atoms with E-state index in [4.69, 9.17) is 0 Å². The van der Waals surface area contributed by atoms with Gasteiger partial charge in [0.2, 0.25) is 10.0 Å². The molecular weight excluding hydrogens is 537 g/mol. The zero-order chi connectivity index (χ0) is 27.7. The lowest BCUT2D eigenvalue weighted by Crippen LogP contribution is -2.43. The van der Waals surface area contributed by atoms with Crippen molar-refractivity contribution in [3.63, 3.8) is 0 Å². The monoisotopic (exact) mass is 557 g/mol. The summed E-state index contributed by atoms with van der Waals surface area (Å²) in [5.41, 5.74) is -1.69. The van der Waals surface area contributed by atoms with Gasteiger partial charge in [0, 0.05) is 11.1 Å². The third kappa shape index (κ3) is 5.73. The SMILES string of the molecule is O=C(O)CN(C1(c2cc(-c3ccccc3OC(F)(F)F)ccc2OC(F)F)CC1)S(=O)(=O)c1ccccc1. The molecule has 1 N–H and O–H groups in total. The molecule has 202 valence electrons. The number of rotatable bonds is 10. The van der Waals surface area contributed by atoms with Crippen molar-refractivity contribution < 1.29 is 49.7 Å². The maximum absolute atomic E-state index is 13.6. The van der Waals surface area contributed by atoms with Crippen LogP contribution in [-0.4, -0.2) is 43.3 Å². The molecule has 3 aromatic carbocycles. The number of carboxylic acids is 1. The highest BCUT2D eigenvalue weighted by atomic mass is 32.2. The molecule has 0 atom stereocenters. The number of alkyl halides is 5. The predicted molar refractivity (Wildman–Crippen MR) is 124 cm³/mol. The van der Waals surface area contributed by atoms with E-state index in [2.05, 4.69) is 9.47 Å². The number of sulfonamides is 1. The Bertz CT molecular complexity index is 1430. The molecule has 0 saturated heterocycles. The second-order valence-electron chi connectivity index (χ2n) is 8.38. The van der Waals surface area contributed by atoms with Gasteiger partial charge in [-0.2, -0.15) is 13.1 Å². The molecule has 7 nitrogen and oxygen atoms in total. The molecule has 13 heteroatoms. The Morgan fingerprint density at radius 3 is 2.18 bits per heavy atom. The highest BCUT2D eigenvalue weighted by Crippen LogP contribution is 2.56. The summed E-state index contributed by atoms with van der Waals surface area (Å²) in [6, 6.07) is 15.6. The van der Waals surface area contributed by atoms with Crippen LogP contribution >= 0.6 is 0 Å². The van der Waals surface area contributed by atoms with Gasteiger partial charge in [0.1, 0.15) is 18.0 Å². The Labute approximate surface area is 214 Å². The van der Waals surface area contributed by atoms with E-state index in [9.17, 15) is 40.3 Å². The number of para-hydroxylation sites is 1. The standard InChI is InChI=1S/C25H20F5NO6S/c26-23(27)36-21-11-10-16(18-8-4-5-9-20(18)37-25(28,29)30)14-19(21)24(12-13-24)31(15-22(32)33)38(34,35)17-6-2-1-3-7-17/h1-11,14,23H,12-13,15H2,(H,32,33). The van der Waals surface area contributed by atoms with Crippen LogP contribution in [-0.2, 0) is 20.4 Å². The van der Waals surface area contributed by atoms with Crippen LogP contribution in [0.4, 0.5) is 22.0 Å². The first-order valence-corrected chi connectivity index (χ1v) is 12.5. The fraction of sp³-hybridized carbons (Fsp3) is 0.240. The Balaban J connectivity index is 1.89. The molecule has 1 fully saturated rings. The average Bonchev–Trinajstić information content (AvgIpc) is 3.64. The molecule has 0 bridgehead atoms. The largest absolute Gasteiger partial charge is 0.573 e. The lowest BCUT2D eigenvalue weighted by molar-refractivity contribution is -0.274. The van der Waals surface area contributed by atoms with Crippen LogP contribution in [0.1, 0.15) is 18.4 Å². The molecule has 3 aromatic rings. The summed E-state index contributed by atoms with van der Waals surface area (Å²) in [4.78, 5) is 11.5. The van der Waals surface area contributed by atoms with E-state index in [0.717, 1.165) is 12.1 Å². The van der Waals surface area contributed by atoms with Gasteiger partial charge in [-0.3, -0.25) is 4.79 Å². The molecule has 0 radical (unpaired) electrons. The third-order valence-corrected chi connectivity index (χ3v) is 7.86. The number of halogens is 5. The van der Waals surface area contributed by atoms with Crippen molar-refractivity contribution in [3.05, 3.63) is 78.4 Å². The number of aliphatic carboxylic acids is 1. The zero-order valence-corrected chi connectivity index (χ0v) is 20.2. The molecule has 38 heavy (non-hydrogen) atoms. The van der Waals surface area contributed by atoms with E-state index < -0.39 is 52.5 Å². The van der Waals surface area contributed by atoms with Crippen molar-refractivity contribution >= 4 is 16.0 Å². The molecule has 1 saturated carbocycles. The first kappa shape index (κ1) is 27.3. The van der Waals surface area contributed by atoms with Crippen LogP contribution < -0.4 is 9.47 Å². The number of hydrogen-bond donors (Lipinski definition) is 1. The fourth-order valence-electron chi connectivity index (χ4n) is 4.26. The lowest BCUT2D eigenvalue weighted by atomic mass is 9.96. The van der Waals surface area contributed by atoms with Crippen molar-refractivity contribution in [2.24, 2.45) is 0 Å². The fourth-order valence-corrected chi connectivity index (χ4v) is 6.04. The van der Waals surface area contributed by atoms with Crippen molar-refractivity contribution in [1.29, 1.82) is 0 Å². The molecule has 0 heterocycles. The molecular formula is C25H20F5NO6S. The molecule has 0 spiro atoms. The summed E-state index contributed by atoms with van der Waals surface area (Å²) in [5, 5.41) is 9.54. The minimum Gasteiger partial charge on any atom is -0.480 e. The average molecular weight is 557 g/mol. The number of carbonyl (C=O) groups is 1. The quantitative estimate of drug-likeness (QED) is 0.326. The van der Waals surface area contributed by atoms with Gasteiger partial charge in [0.15, 0.2) is 0 Å². The topological polar surface area (TPSA) is 93.1 Å². The molecule has 4 rings (SSSR count). The number of ether oxygens (including phenoxy) is 2. The van der Waals surface area contributed by atoms with Crippen LogP contribution in [0.5, 0.6) is 11.5 Å². The highest BCUT2D eigenvalue weighted by molar-refractivity contribution is 7.89. The van der Waals surface area contributed by atoms with Gasteiger partial charge >= 0.3 is 18.9 Å². The minimum atomic E-state index is -5.02. The molecule has 0 unspecified atom stereocenters. The van der Waals surface area contributed by atoms with E-state index in [1.165, 1.54) is 54.6 Å². The van der Waals surface area contributed by atoms with E-state index >= 15 is 0 Å². The van der Waals surface area contributed by atoms with Crippen LogP contribution in [0.15, 0.2) is 77.7 Å². The summed E-state index contributed by atoms with van der Waals surface area (Å²) in [7, 11) is -4.46. The van der Waals surface area contributed by atoms with Gasteiger partial charge < -0.3 is 14.6 Å². The maximum atomic E-state index is 13.6. The number of nitrogens with zero attached hydrogens (tertiary/aromatic N) is 1. The lowest BCUT2D eigenvalue weighted by Gasteiger charge is -2.31. The predicted octanol–water partition coefficient (Wildman–Crippen LogP) is 5.62. The van der Waals surface area contributed by atoms with Gasteiger partial charge in [0.05, 0.1) is 10.4 Å². The molecule has 0 aromatic heterocycles. The van der Waals surface area contributed by atoms with E-state index in [1.54, 1.807) is 6.07 Å². The minimum absolute atomic E-state index is 0.0517. The number of benzene rings is 3. The van der Waals surface area contributed by atoms with E-state index in [-0.39, 0.29) is 34.4 Å². The van der Waals surface area contributed by atoms with Gasteiger partial charge in [-0.25, -0.2) is 8.42 Å². The second kappa shape index (κ2) is 10.2. The maximum Gasteiger partial charge on any atom is 0.573 e. The molecule has 1 aliphatic carbocycles. The van der Waals surface area contributed by atoms with Gasteiger partial charge in [-0.05, 0) is 48.7 Å². The Morgan fingerprint density at radius 1 is 0.974 bits per heavy atom. The summed E-state index contributed by atoms with van der Waals surface area (Å²) >= 11 is 0. The van der Waals surface area contributed by atoms with Gasteiger partial charge in [0.25, 0.3) is 0 Å². The molecule has 0 aliphatic heterocycles. The van der Waals surface area contributed by atoms with Crippen molar-refractivity contribution in [1.82, 2.24) is 4.31 Å². The van der Waals surface area contributed by atoms with Crippen LogP contribution in [0.2, 0.25) is 0 Å². The zero-order valence-electron chi connectivity index (χ0n) is 19.4. The highest BCUT2D eigenvalue weighted by Gasteiger charge is 2.56. The van der Waals surface area contributed by atoms with Crippen LogP contribution in [0.3, 0.4) is 0 Å². The van der Waals surface area contributed by atoms with Gasteiger partial charge in [-0.1, -0.05) is 42.5 Å². The smallest absolute Gasteiger partial charge is 0.480 e. The molecule has 1 aliphatic rings. The summed E-state index contributed by atoms with van der Waals surface area (Å²) in [5.74, 6) is -2.50.